The number of nitrogens with zero attached hydrogens (tertiary/aromatic N) is 1. The summed E-state index contributed by atoms with van der Waals surface area (Å²) in [6.07, 6.45) is -0.717. The van der Waals surface area contributed by atoms with Gasteiger partial charge in [0.2, 0.25) is 22.7 Å². The molecule has 2 aliphatic heterocycles. The highest BCUT2D eigenvalue weighted by molar-refractivity contribution is 6.75. The maximum atomic E-state index is 10.0. The van der Waals surface area contributed by atoms with Crippen LogP contribution in [0.1, 0.15) is 52.7 Å². The Balaban J connectivity index is 1.70. The van der Waals surface area contributed by atoms with Crippen LogP contribution >= 0.6 is 0 Å². The van der Waals surface area contributed by atoms with Crippen LogP contribution in [-0.4, -0.2) is 29.3 Å². The molecule has 7 heteroatoms. The van der Waals surface area contributed by atoms with E-state index in [0.717, 1.165) is 39.5 Å². The van der Waals surface area contributed by atoms with Crippen LogP contribution in [0.4, 0.5) is 0 Å². The summed E-state index contributed by atoms with van der Waals surface area (Å²) in [6, 6.07) is 14.3. The minimum atomic E-state index is -2.00. The molecule has 0 N–H and O–H groups in total. The zero-order valence-corrected chi connectivity index (χ0v) is 25.3. The van der Waals surface area contributed by atoms with Crippen LogP contribution in [0.3, 0.4) is 0 Å². The topological polar surface area (TPSA) is 60.7 Å². The molecule has 0 bridgehead atoms. The average molecular weight is 522 g/mol. The van der Waals surface area contributed by atoms with E-state index >= 15 is 0 Å². The van der Waals surface area contributed by atoms with Crippen LogP contribution < -0.4 is 18.3 Å². The van der Waals surface area contributed by atoms with E-state index < -0.39 is 22.7 Å². The van der Waals surface area contributed by atoms with E-state index in [1.165, 1.54) is 0 Å². The average Bonchev–Trinajstić information content (AvgIpc) is 2.75. The number of benzene rings is 2. The Bertz CT molecular complexity index is 1260. The highest BCUT2D eigenvalue weighted by atomic mass is 28.4. The van der Waals surface area contributed by atoms with Crippen molar-refractivity contribution in [3.63, 3.8) is 0 Å². The van der Waals surface area contributed by atoms with Crippen LogP contribution in [0.15, 0.2) is 36.4 Å². The van der Waals surface area contributed by atoms with E-state index in [0.29, 0.717) is 12.4 Å². The third-order valence-corrected chi connectivity index (χ3v) is 16.9. The van der Waals surface area contributed by atoms with Crippen LogP contribution in [0.25, 0.3) is 11.1 Å². The molecular weight excluding hydrogens is 482 g/mol. The lowest BCUT2D eigenvalue weighted by Gasteiger charge is -2.37. The molecule has 0 spiro atoms. The number of rotatable bonds is 4. The maximum Gasteiger partial charge on any atom is 0.250 e. The summed E-state index contributed by atoms with van der Waals surface area (Å²) in [5, 5.41) is 10.2. The number of fused-ring (bicyclic) bond motifs is 4. The molecule has 0 aliphatic carbocycles. The molecule has 0 saturated carbocycles. The molecule has 2 aliphatic rings. The van der Waals surface area contributed by atoms with E-state index in [1.54, 1.807) is 0 Å². The number of ether oxygens (including phenoxy) is 2. The third kappa shape index (κ3) is 4.69. The van der Waals surface area contributed by atoms with Gasteiger partial charge in [-0.15, -0.1) is 0 Å². The summed E-state index contributed by atoms with van der Waals surface area (Å²) in [5.41, 5.74) is 3.71. The molecule has 36 heavy (non-hydrogen) atoms. The summed E-state index contributed by atoms with van der Waals surface area (Å²) in [6.45, 7) is 22.6. The van der Waals surface area contributed by atoms with Crippen molar-refractivity contribution in [3.8, 4) is 29.1 Å². The lowest BCUT2D eigenvalue weighted by molar-refractivity contribution is 0.294. The molecule has 4 rings (SSSR count). The van der Waals surface area contributed by atoms with Gasteiger partial charge >= 0.3 is 0 Å². The first-order valence-electron chi connectivity index (χ1n) is 12.6. The predicted octanol–water partition coefficient (Wildman–Crippen LogP) is 8.04. The molecule has 0 amide bonds. The molecule has 0 saturated heterocycles. The van der Waals surface area contributed by atoms with Crippen molar-refractivity contribution < 1.29 is 18.3 Å². The van der Waals surface area contributed by atoms with E-state index in [-0.39, 0.29) is 10.1 Å². The van der Waals surface area contributed by atoms with Crippen LogP contribution in [0, 0.1) is 11.3 Å². The predicted molar refractivity (Wildman–Crippen MR) is 151 cm³/mol. The van der Waals surface area contributed by atoms with Gasteiger partial charge in [-0.25, -0.2) is 0 Å². The largest absolute Gasteiger partial charge is 0.543 e. The fourth-order valence-corrected chi connectivity index (χ4v) is 5.95. The van der Waals surface area contributed by atoms with Gasteiger partial charge in [0.1, 0.15) is 35.7 Å². The molecule has 0 fully saturated rings. The molecule has 1 unspecified atom stereocenters. The summed E-state index contributed by atoms with van der Waals surface area (Å²) in [7, 11) is -3.98. The molecule has 2 heterocycles. The van der Waals surface area contributed by atoms with Crippen molar-refractivity contribution >= 4 is 27.8 Å². The second kappa shape index (κ2) is 8.70. The van der Waals surface area contributed by atoms with E-state index in [9.17, 15) is 5.26 Å². The minimum Gasteiger partial charge on any atom is -0.543 e. The van der Waals surface area contributed by atoms with Gasteiger partial charge in [0.05, 0.1) is 0 Å². The number of hydrogen-bond donors (Lipinski definition) is 0. The summed E-state index contributed by atoms with van der Waals surface area (Å²) in [4.78, 5) is 0. The highest BCUT2D eigenvalue weighted by Crippen LogP contribution is 2.48. The fraction of sp³-hybridized carbons (Fsp3) is 0.483. The van der Waals surface area contributed by atoms with E-state index in [1.807, 2.05) is 36.4 Å². The number of hydrogen-bond acceptors (Lipinski definition) is 5. The van der Waals surface area contributed by atoms with Gasteiger partial charge in [0.15, 0.2) is 0 Å². The van der Waals surface area contributed by atoms with Gasteiger partial charge < -0.3 is 18.3 Å². The highest BCUT2D eigenvalue weighted by Gasteiger charge is 2.41. The van der Waals surface area contributed by atoms with Gasteiger partial charge in [-0.3, -0.25) is 0 Å². The van der Waals surface area contributed by atoms with Gasteiger partial charge in [-0.2, -0.15) is 5.26 Å². The van der Waals surface area contributed by atoms with Crippen LogP contribution in [0.5, 0.6) is 23.0 Å². The van der Waals surface area contributed by atoms with Crippen molar-refractivity contribution in [3.05, 3.63) is 47.5 Å². The second-order valence-electron chi connectivity index (χ2n) is 12.8. The Kier molecular flexibility index (Phi) is 6.38. The van der Waals surface area contributed by atoms with Crippen molar-refractivity contribution in [2.75, 3.05) is 6.61 Å². The Hall–Kier alpha value is -2.70. The Morgan fingerprint density at radius 2 is 1.31 bits per heavy atom. The van der Waals surface area contributed by atoms with Gasteiger partial charge in [0.25, 0.3) is 0 Å². The first-order valence-corrected chi connectivity index (χ1v) is 18.4. The SMILES string of the molecule is CC(C)(C)[Si](C)(C)Oc1ccc2c(c1)OC(C#N)C1=C2COc2cc(O[Si](C)(C)C(C)(C)C)ccc21. The van der Waals surface area contributed by atoms with Gasteiger partial charge in [0, 0.05) is 34.4 Å². The minimum absolute atomic E-state index is 0.0860. The van der Waals surface area contributed by atoms with Crippen molar-refractivity contribution in [2.24, 2.45) is 0 Å². The van der Waals surface area contributed by atoms with Gasteiger partial charge in [-0.1, -0.05) is 41.5 Å². The molecular formula is C29H39NO4Si2. The quantitative estimate of drug-likeness (QED) is 0.381. The van der Waals surface area contributed by atoms with Crippen molar-refractivity contribution in [1.29, 1.82) is 5.26 Å². The first-order chi connectivity index (χ1) is 16.5. The van der Waals surface area contributed by atoms with Crippen molar-refractivity contribution in [2.45, 2.75) is 83.9 Å². The Morgan fingerprint density at radius 3 is 1.81 bits per heavy atom. The monoisotopic (exact) mass is 521 g/mol. The second-order valence-corrected chi connectivity index (χ2v) is 22.3. The maximum absolute atomic E-state index is 10.0. The van der Waals surface area contributed by atoms with Crippen molar-refractivity contribution in [1.82, 2.24) is 0 Å². The molecule has 0 radical (unpaired) electrons. The zero-order valence-electron chi connectivity index (χ0n) is 23.3. The zero-order chi connectivity index (χ0) is 26.7. The normalized spacial score (nSPS) is 17.6. The summed E-state index contributed by atoms with van der Waals surface area (Å²) in [5.74, 6) is 2.99. The standard InChI is InChI=1S/C29H39NO4Si2/c1-28(2,3)35(7,8)33-19-12-14-22-24(15-19)31-18-23-21-13-11-20(34-36(9,10)29(4,5)6)16-25(21)32-26(17-30)27(22)23/h11-16,26H,18H2,1-10H3. The summed E-state index contributed by atoms with van der Waals surface area (Å²) >= 11 is 0. The molecule has 5 nitrogen and oxygen atoms in total. The molecule has 0 aromatic heterocycles. The number of nitriles is 1. The smallest absolute Gasteiger partial charge is 0.250 e. The Morgan fingerprint density at radius 1 is 0.806 bits per heavy atom. The Labute approximate surface area is 218 Å². The summed E-state index contributed by atoms with van der Waals surface area (Å²) < 4.78 is 25.4. The first kappa shape index (κ1) is 26.4. The molecule has 2 aromatic rings. The fourth-order valence-electron chi connectivity index (χ4n) is 3.91. The van der Waals surface area contributed by atoms with E-state index in [4.69, 9.17) is 18.3 Å². The van der Waals surface area contributed by atoms with Crippen LogP contribution in [-0.2, 0) is 0 Å². The van der Waals surface area contributed by atoms with Crippen LogP contribution in [0.2, 0.25) is 36.3 Å². The molecule has 192 valence electrons. The third-order valence-electron chi connectivity index (χ3n) is 8.20. The molecule has 2 aromatic carbocycles. The lowest BCUT2D eigenvalue weighted by atomic mass is 9.87. The molecule has 1 atom stereocenters. The van der Waals surface area contributed by atoms with E-state index in [2.05, 4.69) is 73.8 Å². The van der Waals surface area contributed by atoms with Gasteiger partial charge in [-0.05, 0) is 60.5 Å². The lowest BCUT2D eigenvalue weighted by Crippen LogP contribution is -2.43.